The molecule has 0 fully saturated rings. The maximum Gasteiger partial charge on any atom is 0.325 e. The van der Waals surface area contributed by atoms with E-state index in [1.165, 1.54) is 12.4 Å². The quantitative estimate of drug-likeness (QED) is 0.572. The number of hydrogen-bond acceptors (Lipinski definition) is 4. The van der Waals surface area contributed by atoms with E-state index in [0.29, 0.717) is 16.1 Å². The number of nitrogens with zero attached hydrogens (tertiary/aromatic N) is 5. The van der Waals surface area contributed by atoms with Crippen LogP contribution < -0.4 is 10.6 Å². The minimum atomic E-state index is -1.10. The minimum Gasteiger partial charge on any atom is -0.351 e. The Labute approximate surface area is 164 Å². The van der Waals surface area contributed by atoms with Crippen LogP contribution in [-0.4, -0.2) is 25.6 Å². The molecule has 0 spiro atoms. The third-order valence-electron chi connectivity index (χ3n) is 4.44. The molecule has 2 aromatic carbocycles. The summed E-state index contributed by atoms with van der Waals surface area (Å²) in [5, 5.41) is 0. The number of primary amides is 1. The van der Waals surface area contributed by atoms with Gasteiger partial charge in [0.2, 0.25) is 0 Å². The maximum atomic E-state index is 14.5. The average molecular weight is 394 g/mol. The number of nitrogens with two attached hydrogens (primary N) is 1. The van der Waals surface area contributed by atoms with Gasteiger partial charge in [-0.3, -0.25) is 0 Å². The second-order valence-electron chi connectivity index (χ2n) is 6.51. The highest BCUT2D eigenvalue weighted by atomic mass is 19.1. The molecule has 4 rings (SSSR count). The molecule has 0 bridgehead atoms. The van der Waals surface area contributed by atoms with Crippen LogP contribution in [0.3, 0.4) is 0 Å². The maximum absolute atomic E-state index is 14.5. The summed E-state index contributed by atoms with van der Waals surface area (Å²) in [5.41, 5.74) is 7.16. The molecule has 0 saturated carbocycles. The first-order chi connectivity index (χ1) is 13.9. The van der Waals surface area contributed by atoms with Gasteiger partial charge >= 0.3 is 6.03 Å². The number of anilines is 2. The zero-order valence-electron chi connectivity index (χ0n) is 15.6. The van der Waals surface area contributed by atoms with Crippen molar-refractivity contribution in [3.05, 3.63) is 66.0 Å². The van der Waals surface area contributed by atoms with Crippen molar-refractivity contribution < 1.29 is 13.6 Å². The largest absolute Gasteiger partial charge is 0.351 e. The summed E-state index contributed by atoms with van der Waals surface area (Å²) < 4.78 is 30.5. The summed E-state index contributed by atoms with van der Waals surface area (Å²) in [6, 6.07) is 9.56. The van der Waals surface area contributed by atoms with Gasteiger partial charge in [-0.25, -0.2) is 33.4 Å². The lowest BCUT2D eigenvalue weighted by Gasteiger charge is -2.21. The van der Waals surface area contributed by atoms with Crippen LogP contribution in [0.25, 0.3) is 22.6 Å². The first-order valence-electron chi connectivity index (χ1n) is 8.66. The lowest BCUT2D eigenvalue weighted by molar-refractivity contribution is 0.255. The van der Waals surface area contributed by atoms with Gasteiger partial charge in [-0.2, -0.15) is 0 Å². The van der Waals surface area contributed by atoms with E-state index in [0.717, 1.165) is 17.7 Å². The number of aromatic nitrogens is 4. The monoisotopic (exact) mass is 394 g/mol. The van der Waals surface area contributed by atoms with Gasteiger partial charge < -0.3 is 10.3 Å². The molecule has 4 aromatic rings. The van der Waals surface area contributed by atoms with E-state index in [9.17, 15) is 13.6 Å². The fourth-order valence-corrected chi connectivity index (χ4v) is 3.00. The zero-order chi connectivity index (χ0) is 20.7. The zero-order valence-corrected chi connectivity index (χ0v) is 15.6. The first kappa shape index (κ1) is 18.5. The van der Waals surface area contributed by atoms with Gasteiger partial charge in [0.25, 0.3) is 0 Å². The van der Waals surface area contributed by atoms with Gasteiger partial charge in [0.1, 0.15) is 17.3 Å². The third-order valence-corrected chi connectivity index (χ3v) is 4.44. The van der Waals surface area contributed by atoms with E-state index in [2.05, 4.69) is 15.0 Å². The highest BCUT2D eigenvalue weighted by Gasteiger charge is 2.28. The summed E-state index contributed by atoms with van der Waals surface area (Å²) >= 11 is 0. The lowest BCUT2D eigenvalue weighted by Crippen LogP contribution is -2.34. The van der Waals surface area contributed by atoms with Gasteiger partial charge in [-0.1, -0.05) is 35.9 Å². The summed E-state index contributed by atoms with van der Waals surface area (Å²) in [7, 11) is 1.71. The molecular weight excluding hydrogens is 378 g/mol. The molecule has 0 atom stereocenters. The number of amides is 2. The predicted octanol–water partition coefficient (Wildman–Crippen LogP) is 3.83. The van der Waals surface area contributed by atoms with Gasteiger partial charge in [-0.05, 0) is 19.1 Å². The summed E-state index contributed by atoms with van der Waals surface area (Å²) in [4.78, 5) is 26.0. The van der Waals surface area contributed by atoms with Crippen LogP contribution in [-0.2, 0) is 7.05 Å². The summed E-state index contributed by atoms with van der Waals surface area (Å²) in [5.74, 6) is -1.76. The smallest absolute Gasteiger partial charge is 0.325 e. The molecule has 2 aromatic heterocycles. The molecular formula is C20H16F2N6O. The van der Waals surface area contributed by atoms with Crippen LogP contribution in [0.5, 0.6) is 0 Å². The molecule has 146 valence electrons. The first-order valence-corrected chi connectivity index (χ1v) is 8.66. The Balaban J connectivity index is 2.03. The van der Waals surface area contributed by atoms with Gasteiger partial charge in [0, 0.05) is 12.6 Å². The molecule has 0 unspecified atom stereocenters. The Hall–Kier alpha value is -3.88. The van der Waals surface area contributed by atoms with E-state index < -0.39 is 23.4 Å². The van der Waals surface area contributed by atoms with Crippen molar-refractivity contribution in [2.24, 2.45) is 12.8 Å². The van der Waals surface area contributed by atoms with Crippen molar-refractivity contribution in [1.82, 2.24) is 19.5 Å². The van der Waals surface area contributed by atoms with Gasteiger partial charge in [-0.15, -0.1) is 0 Å². The number of aryl methyl sites for hydroxylation is 2. The van der Waals surface area contributed by atoms with Gasteiger partial charge in [0.05, 0.1) is 6.33 Å². The van der Waals surface area contributed by atoms with Crippen molar-refractivity contribution >= 4 is 28.7 Å². The SMILES string of the molecule is Cc1ccc(-c2nc(N(C(N)=O)c3c(F)cccc3F)c3ncn(C)c3n2)cc1. The van der Waals surface area contributed by atoms with Crippen molar-refractivity contribution in [3.8, 4) is 11.4 Å². The molecule has 0 aliphatic heterocycles. The number of carbonyl (C=O) groups is 1. The molecule has 0 saturated heterocycles. The van der Waals surface area contributed by atoms with E-state index in [1.54, 1.807) is 11.6 Å². The number of rotatable bonds is 3. The fourth-order valence-electron chi connectivity index (χ4n) is 3.00. The molecule has 0 aliphatic carbocycles. The Morgan fingerprint density at radius 3 is 2.34 bits per heavy atom. The number of carbonyl (C=O) groups excluding carboxylic acids is 1. The number of benzene rings is 2. The molecule has 2 amide bonds. The number of para-hydroxylation sites is 1. The lowest BCUT2D eigenvalue weighted by atomic mass is 10.1. The molecule has 2 N–H and O–H groups in total. The Morgan fingerprint density at radius 1 is 1.07 bits per heavy atom. The topological polar surface area (TPSA) is 89.9 Å². The number of fused-ring (bicyclic) bond motifs is 1. The van der Waals surface area contributed by atoms with Crippen LogP contribution in [0.4, 0.5) is 25.1 Å². The fraction of sp³-hybridized carbons (Fsp3) is 0.100. The number of hydrogen-bond donors (Lipinski definition) is 1. The molecule has 29 heavy (non-hydrogen) atoms. The van der Waals surface area contributed by atoms with E-state index in [4.69, 9.17) is 5.73 Å². The standard InChI is InChI=1S/C20H16F2N6O/c1-11-6-8-12(9-7-11)17-25-18-15(24-10-27(18)2)19(26-17)28(20(23)29)16-13(21)4-3-5-14(16)22/h3-10H,1-2H3,(H2,23,29). The van der Waals surface area contributed by atoms with Crippen molar-refractivity contribution in [2.75, 3.05) is 4.90 Å². The molecule has 0 aliphatic rings. The second kappa shape index (κ2) is 6.93. The van der Waals surface area contributed by atoms with Gasteiger partial charge in [0.15, 0.2) is 22.8 Å². The Bertz CT molecular complexity index is 1220. The van der Waals surface area contributed by atoms with Crippen LogP contribution in [0.15, 0.2) is 48.8 Å². The Morgan fingerprint density at radius 2 is 1.72 bits per heavy atom. The van der Waals surface area contributed by atoms with Crippen LogP contribution in [0, 0.1) is 18.6 Å². The van der Waals surface area contributed by atoms with E-state index in [1.807, 2.05) is 31.2 Å². The molecule has 2 heterocycles. The normalized spacial score (nSPS) is 11.0. The minimum absolute atomic E-state index is 0.109. The molecule has 7 nitrogen and oxygen atoms in total. The highest BCUT2D eigenvalue weighted by Crippen LogP contribution is 2.34. The third kappa shape index (κ3) is 3.16. The van der Waals surface area contributed by atoms with Crippen molar-refractivity contribution in [2.45, 2.75) is 6.92 Å². The number of urea groups is 1. The van der Waals surface area contributed by atoms with E-state index in [-0.39, 0.29) is 17.2 Å². The summed E-state index contributed by atoms with van der Waals surface area (Å²) in [6.45, 7) is 1.94. The average Bonchev–Trinajstić information content (AvgIpc) is 3.06. The summed E-state index contributed by atoms with van der Waals surface area (Å²) in [6.07, 6.45) is 1.47. The van der Waals surface area contributed by atoms with Crippen LogP contribution in [0.1, 0.15) is 5.56 Å². The van der Waals surface area contributed by atoms with Crippen LogP contribution >= 0.6 is 0 Å². The Kier molecular flexibility index (Phi) is 4.42. The van der Waals surface area contributed by atoms with Crippen LogP contribution in [0.2, 0.25) is 0 Å². The number of imidazole rings is 1. The second-order valence-corrected chi connectivity index (χ2v) is 6.51. The highest BCUT2D eigenvalue weighted by molar-refractivity contribution is 6.04. The molecule has 9 heteroatoms. The van der Waals surface area contributed by atoms with Crippen molar-refractivity contribution in [3.63, 3.8) is 0 Å². The number of halogens is 2. The predicted molar refractivity (Wildman–Crippen MR) is 105 cm³/mol. The molecule has 0 radical (unpaired) electrons. The van der Waals surface area contributed by atoms with E-state index >= 15 is 0 Å². The van der Waals surface area contributed by atoms with Crippen molar-refractivity contribution in [1.29, 1.82) is 0 Å².